The van der Waals surface area contributed by atoms with Crippen LogP contribution in [0.1, 0.15) is 19.5 Å². The van der Waals surface area contributed by atoms with Crippen molar-refractivity contribution in [3.63, 3.8) is 0 Å². The van der Waals surface area contributed by atoms with Crippen LogP contribution >= 0.6 is 34.7 Å². The minimum Gasteiger partial charge on any atom is -0.496 e. The summed E-state index contributed by atoms with van der Waals surface area (Å²) in [5, 5.41) is 14.6. The average Bonchev–Trinajstić information content (AvgIpc) is 3.38. The van der Waals surface area contributed by atoms with Gasteiger partial charge in [-0.1, -0.05) is 23.4 Å². The monoisotopic (exact) mass is 495 g/mol. The van der Waals surface area contributed by atoms with Crippen LogP contribution in [-0.2, 0) is 27.3 Å². The topological polar surface area (TPSA) is 108 Å². The lowest BCUT2D eigenvalue weighted by Gasteiger charge is -2.11. The second kappa shape index (κ2) is 11.3. The van der Waals surface area contributed by atoms with E-state index in [0.29, 0.717) is 45.7 Å². The van der Waals surface area contributed by atoms with Crippen molar-refractivity contribution in [2.45, 2.75) is 32.0 Å². The Bertz CT molecular complexity index is 1100. The number of nitrogens with zero attached hydrogens (tertiary/aromatic N) is 4. The Labute approximate surface area is 198 Å². The number of thiazole rings is 1. The van der Waals surface area contributed by atoms with E-state index in [9.17, 15) is 9.59 Å². The lowest BCUT2D eigenvalue weighted by atomic mass is 10.2. The number of rotatable bonds is 10. The molecular weight excluding hydrogens is 474 g/mol. The Morgan fingerprint density at radius 3 is 2.81 bits per heavy atom. The van der Waals surface area contributed by atoms with Crippen molar-refractivity contribution in [3.8, 4) is 17.1 Å². The predicted molar refractivity (Wildman–Crippen MR) is 124 cm³/mol. The number of aromatic nitrogens is 4. The fraction of sp³-hybridized carbons (Fsp3) is 0.350. The number of esters is 1. The highest BCUT2D eigenvalue weighted by Crippen LogP contribution is 2.33. The van der Waals surface area contributed by atoms with E-state index in [1.54, 1.807) is 37.6 Å². The first-order valence-corrected chi connectivity index (χ1v) is 12.0. The van der Waals surface area contributed by atoms with Crippen LogP contribution in [0, 0.1) is 0 Å². The maximum atomic E-state index is 12.4. The first-order valence-electron chi connectivity index (χ1n) is 9.74. The highest BCUT2D eigenvalue weighted by molar-refractivity contribution is 7.99. The fourth-order valence-electron chi connectivity index (χ4n) is 2.83. The van der Waals surface area contributed by atoms with Gasteiger partial charge in [0.1, 0.15) is 5.75 Å². The summed E-state index contributed by atoms with van der Waals surface area (Å²) in [5.41, 5.74) is 1.28. The van der Waals surface area contributed by atoms with Crippen LogP contribution in [0.3, 0.4) is 0 Å². The van der Waals surface area contributed by atoms with Crippen molar-refractivity contribution in [1.29, 1.82) is 0 Å². The number of ether oxygens (including phenoxy) is 2. The first kappa shape index (κ1) is 24.0. The van der Waals surface area contributed by atoms with Crippen LogP contribution in [0.25, 0.3) is 11.4 Å². The smallest absolute Gasteiger partial charge is 0.311 e. The largest absolute Gasteiger partial charge is 0.496 e. The van der Waals surface area contributed by atoms with Crippen molar-refractivity contribution in [2.75, 3.05) is 24.8 Å². The van der Waals surface area contributed by atoms with Gasteiger partial charge in [-0.25, -0.2) is 4.98 Å². The van der Waals surface area contributed by atoms with Crippen LogP contribution < -0.4 is 10.1 Å². The SMILES string of the molecule is CCOC(=O)Cc1csc(NC(=O)CSc2nnc(-c3cc(Cl)ccc3OC)n2CC)n1. The molecule has 0 saturated carbocycles. The molecule has 1 aromatic carbocycles. The molecule has 0 aliphatic rings. The van der Waals surface area contributed by atoms with Gasteiger partial charge in [0.25, 0.3) is 0 Å². The third kappa shape index (κ3) is 5.99. The van der Waals surface area contributed by atoms with Crippen molar-refractivity contribution in [2.24, 2.45) is 0 Å². The molecule has 0 radical (unpaired) electrons. The van der Waals surface area contributed by atoms with Gasteiger partial charge in [0.05, 0.1) is 37.1 Å². The number of anilines is 1. The van der Waals surface area contributed by atoms with E-state index < -0.39 is 0 Å². The van der Waals surface area contributed by atoms with Gasteiger partial charge in [0, 0.05) is 16.9 Å². The van der Waals surface area contributed by atoms with Gasteiger partial charge in [-0.2, -0.15) is 0 Å². The van der Waals surface area contributed by atoms with Gasteiger partial charge < -0.3 is 19.4 Å². The summed E-state index contributed by atoms with van der Waals surface area (Å²) < 4.78 is 12.2. The number of hydrogen-bond donors (Lipinski definition) is 1. The molecule has 9 nitrogen and oxygen atoms in total. The molecule has 32 heavy (non-hydrogen) atoms. The van der Waals surface area contributed by atoms with E-state index in [1.807, 2.05) is 11.5 Å². The minimum absolute atomic E-state index is 0.0737. The van der Waals surface area contributed by atoms with Crippen LogP contribution in [0.5, 0.6) is 5.75 Å². The number of benzene rings is 1. The van der Waals surface area contributed by atoms with Crippen molar-refractivity contribution in [1.82, 2.24) is 19.7 Å². The molecule has 0 unspecified atom stereocenters. The van der Waals surface area contributed by atoms with Crippen molar-refractivity contribution in [3.05, 3.63) is 34.3 Å². The van der Waals surface area contributed by atoms with Crippen LogP contribution in [0.2, 0.25) is 5.02 Å². The van der Waals surface area contributed by atoms with Crippen molar-refractivity contribution >= 4 is 51.7 Å². The van der Waals surface area contributed by atoms with Gasteiger partial charge in [-0.05, 0) is 32.0 Å². The van der Waals surface area contributed by atoms with E-state index in [2.05, 4.69) is 20.5 Å². The Kier molecular flexibility index (Phi) is 8.48. The molecule has 0 spiro atoms. The van der Waals surface area contributed by atoms with E-state index in [0.717, 1.165) is 5.56 Å². The molecule has 0 atom stereocenters. The number of nitrogens with one attached hydrogen (secondary N) is 1. The normalized spacial score (nSPS) is 10.8. The highest BCUT2D eigenvalue weighted by Gasteiger charge is 2.18. The molecule has 2 aromatic heterocycles. The first-order chi connectivity index (χ1) is 15.4. The van der Waals surface area contributed by atoms with Crippen LogP contribution in [-0.4, -0.2) is 51.1 Å². The predicted octanol–water partition coefficient (Wildman–Crippen LogP) is 3.92. The molecule has 1 N–H and O–H groups in total. The molecule has 3 rings (SSSR count). The Morgan fingerprint density at radius 1 is 1.28 bits per heavy atom. The molecule has 12 heteroatoms. The van der Waals surface area contributed by atoms with Gasteiger partial charge in [-0.3, -0.25) is 9.59 Å². The standard InChI is InChI=1S/C20H22ClN5O4S2/c1-4-26-18(14-8-12(21)6-7-15(14)29-3)24-25-20(26)32-11-16(27)23-19-22-13(10-31-19)9-17(28)30-5-2/h6-8,10H,4-5,9,11H2,1-3H3,(H,22,23,27). The van der Waals surface area contributed by atoms with E-state index in [4.69, 9.17) is 21.1 Å². The molecule has 0 fully saturated rings. The van der Waals surface area contributed by atoms with Gasteiger partial charge in [0.15, 0.2) is 16.1 Å². The Balaban J connectivity index is 1.64. The van der Waals surface area contributed by atoms with Gasteiger partial charge in [-0.15, -0.1) is 21.5 Å². The molecule has 0 bridgehead atoms. The summed E-state index contributed by atoms with van der Waals surface area (Å²) in [6.07, 6.45) is 0.0737. The van der Waals surface area contributed by atoms with E-state index in [1.165, 1.54) is 23.1 Å². The number of amides is 1. The minimum atomic E-state index is -0.350. The van der Waals surface area contributed by atoms with Gasteiger partial charge in [0.2, 0.25) is 5.91 Å². The van der Waals surface area contributed by atoms with Crippen LogP contribution in [0.15, 0.2) is 28.7 Å². The summed E-state index contributed by atoms with van der Waals surface area (Å²) >= 11 is 8.67. The molecule has 170 valence electrons. The maximum Gasteiger partial charge on any atom is 0.311 e. The fourth-order valence-corrected chi connectivity index (χ4v) is 4.53. The second-order valence-corrected chi connectivity index (χ2v) is 8.59. The average molecular weight is 496 g/mol. The van der Waals surface area contributed by atoms with E-state index in [-0.39, 0.29) is 24.1 Å². The number of carbonyl (C=O) groups is 2. The quantitative estimate of drug-likeness (QED) is 0.333. The van der Waals surface area contributed by atoms with Gasteiger partial charge >= 0.3 is 5.97 Å². The zero-order chi connectivity index (χ0) is 23.1. The number of carbonyl (C=O) groups excluding carboxylic acids is 2. The summed E-state index contributed by atoms with van der Waals surface area (Å²) in [4.78, 5) is 28.2. The summed E-state index contributed by atoms with van der Waals surface area (Å²) in [6.45, 7) is 4.63. The summed E-state index contributed by atoms with van der Waals surface area (Å²) in [7, 11) is 1.58. The van der Waals surface area contributed by atoms with E-state index >= 15 is 0 Å². The third-order valence-corrected chi connectivity index (χ3v) is 6.21. The second-order valence-electron chi connectivity index (χ2n) is 6.36. The molecule has 0 aliphatic heterocycles. The van der Waals surface area contributed by atoms with Crippen LogP contribution in [0.4, 0.5) is 5.13 Å². The highest BCUT2D eigenvalue weighted by atomic mass is 35.5. The molecular formula is C20H22ClN5O4S2. The summed E-state index contributed by atoms with van der Waals surface area (Å²) in [6, 6.07) is 5.29. The van der Waals surface area contributed by atoms with Crippen molar-refractivity contribution < 1.29 is 19.1 Å². The Hall–Kier alpha value is -2.63. The molecule has 3 aromatic rings. The molecule has 0 saturated heterocycles. The Morgan fingerprint density at radius 2 is 2.09 bits per heavy atom. The molecule has 2 heterocycles. The summed E-state index contributed by atoms with van der Waals surface area (Å²) in [5.74, 6) is 0.778. The maximum absolute atomic E-state index is 12.4. The number of hydrogen-bond acceptors (Lipinski definition) is 9. The zero-order valence-electron chi connectivity index (χ0n) is 17.8. The lowest BCUT2D eigenvalue weighted by Crippen LogP contribution is -2.15. The number of methoxy groups -OCH3 is 1. The zero-order valence-corrected chi connectivity index (χ0v) is 20.1. The number of thioether (sulfide) groups is 1. The molecule has 1 amide bonds. The third-order valence-electron chi connectivity index (χ3n) is 4.20. The lowest BCUT2D eigenvalue weighted by molar-refractivity contribution is -0.142. The molecule has 0 aliphatic carbocycles. The number of halogens is 1.